The van der Waals surface area contributed by atoms with Crippen molar-refractivity contribution in [3.05, 3.63) is 47.1 Å². The average Bonchev–Trinajstić information content (AvgIpc) is 3.08. The molecular formula is C19H22N4O2. The molecule has 0 amide bonds. The summed E-state index contributed by atoms with van der Waals surface area (Å²) in [4.78, 5) is 4.55. The fraction of sp³-hybridized carbons (Fsp3) is 0.526. The van der Waals surface area contributed by atoms with Gasteiger partial charge in [-0.1, -0.05) is 23.7 Å². The van der Waals surface area contributed by atoms with Gasteiger partial charge in [0.25, 0.3) is 0 Å². The summed E-state index contributed by atoms with van der Waals surface area (Å²) < 4.78 is 11.0. The fourth-order valence-electron chi connectivity index (χ4n) is 3.58. The molecule has 1 N–H and O–H groups in total. The Labute approximate surface area is 147 Å². The van der Waals surface area contributed by atoms with Crippen molar-refractivity contribution < 1.29 is 9.26 Å². The Balaban J connectivity index is 1.52. The van der Waals surface area contributed by atoms with Gasteiger partial charge < -0.3 is 9.26 Å². The Morgan fingerprint density at radius 3 is 2.84 bits per heavy atom. The molecule has 1 aromatic carbocycles. The monoisotopic (exact) mass is 338 g/mol. The highest BCUT2D eigenvalue weighted by Crippen LogP contribution is 2.36. The van der Waals surface area contributed by atoms with Crippen LogP contribution in [0.5, 0.6) is 0 Å². The molecule has 0 atom stereocenters. The van der Waals surface area contributed by atoms with Crippen molar-refractivity contribution in [1.29, 1.82) is 5.26 Å². The highest BCUT2D eigenvalue weighted by Gasteiger charge is 2.35. The number of nitriles is 1. The van der Waals surface area contributed by atoms with Crippen molar-refractivity contribution in [1.82, 2.24) is 15.5 Å². The zero-order valence-corrected chi connectivity index (χ0v) is 14.2. The van der Waals surface area contributed by atoms with Gasteiger partial charge in [-0.2, -0.15) is 10.2 Å². The van der Waals surface area contributed by atoms with E-state index in [9.17, 15) is 5.26 Å². The van der Waals surface area contributed by atoms with Gasteiger partial charge in [0.15, 0.2) is 5.82 Å². The lowest BCUT2D eigenvalue weighted by atomic mass is 9.82. The molecular weight excluding hydrogens is 316 g/mol. The molecule has 0 spiro atoms. The number of rotatable bonds is 5. The molecule has 1 saturated heterocycles. The van der Waals surface area contributed by atoms with E-state index < -0.39 is 0 Å². The second-order valence-corrected chi connectivity index (χ2v) is 6.92. The maximum absolute atomic E-state index is 9.21. The van der Waals surface area contributed by atoms with Gasteiger partial charge >= 0.3 is 0 Å². The van der Waals surface area contributed by atoms with Crippen LogP contribution >= 0.6 is 0 Å². The minimum absolute atomic E-state index is 0.220. The van der Waals surface area contributed by atoms with Crippen LogP contribution < -0.4 is 5.32 Å². The molecule has 6 nitrogen and oxygen atoms in total. The van der Waals surface area contributed by atoms with Gasteiger partial charge in [0.05, 0.1) is 18.2 Å². The molecule has 2 fully saturated rings. The van der Waals surface area contributed by atoms with E-state index in [0.717, 1.165) is 37.1 Å². The van der Waals surface area contributed by atoms with E-state index in [4.69, 9.17) is 9.26 Å². The van der Waals surface area contributed by atoms with Crippen LogP contribution in [0.1, 0.15) is 60.9 Å². The maximum atomic E-state index is 9.21. The van der Waals surface area contributed by atoms with Crippen LogP contribution in [-0.4, -0.2) is 23.4 Å². The van der Waals surface area contributed by atoms with Crippen molar-refractivity contribution in [2.24, 2.45) is 0 Å². The van der Waals surface area contributed by atoms with Gasteiger partial charge in [0.1, 0.15) is 0 Å². The number of hydrogen-bond donors (Lipinski definition) is 1. The van der Waals surface area contributed by atoms with E-state index in [-0.39, 0.29) is 5.54 Å². The minimum Gasteiger partial charge on any atom is -0.381 e. The lowest BCUT2D eigenvalue weighted by Crippen LogP contribution is -2.46. The maximum Gasteiger partial charge on any atom is 0.229 e. The Hall–Kier alpha value is -2.23. The first kappa shape index (κ1) is 16.2. The summed E-state index contributed by atoms with van der Waals surface area (Å²) in [7, 11) is 0. The molecule has 1 aliphatic heterocycles. The topological polar surface area (TPSA) is 84.0 Å². The summed E-state index contributed by atoms with van der Waals surface area (Å²) in [5, 5.41) is 17.0. The zero-order valence-electron chi connectivity index (χ0n) is 14.2. The number of ether oxygens (including phenoxy) is 1. The van der Waals surface area contributed by atoms with E-state index in [0.29, 0.717) is 37.1 Å². The molecule has 1 saturated carbocycles. The van der Waals surface area contributed by atoms with Gasteiger partial charge in [-0.05, 0) is 43.4 Å². The lowest BCUT2D eigenvalue weighted by molar-refractivity contribution is 0.0354. The molecule has 0 radical (unpaired) electrons. The van der Waals surface area contributed by atoms with Crippen LogP contribution in [0.2, 0.25) is 0 Å². The van der Waals surface area contributed by atoms with Crippen LogP contribution in [0, 0.1) is 11.3 Å². The lowest BCUT2D eigenvalue weighted by Gasteiger charge is -2.38. The van der Waals surface area contributed by atoms with E-state index >= 15 is 0 Å². The Morgan fingerprint density at radius 2 is 2.12 bits per heavy atom. The molecule has 1 aliphatic carbocycles. The third-order valence-electron chi connectivity index (χ3n) is 5.41. The SMILES string of the molecule is N#Cc1cccc(C2(NCc3noc(C4CCC4)n3)CCOCC2)c1. The van der Waals surface area contributed by atoms with Crippen LogP contribution in [-0.2, 0) is 16.8 Å². The van der Waals surface area contributed by atoms with Crippen LogP contribution in [0.3, 0.4) is 0 Å². The highest BCUT2D eigenvalue weighted by molar-refractivity contribution is 5.36. The Kier molecular flexibility index (Phi) is 4.51. The van der Waals surface area contributed by atoms with Crippen molar-refractivity contribution in [2.75, 3.05) is 13.2 Å². The Bertz CT molecular complexity index is 770. The molecule has 2 heterocycles. The van der Waals surface area contributed by atoms with Gasteiger partial charge in [0, 0.05) is 24.7 Å². The van der Waals surface area contributed by atoms with E-state index in [1.807, 2.05) is 18.2 Å². The molecule has 4 rings (SSSR count). The standard InChI is InChI=1S/C19H22N4O2/c20-12-14-3-1-6-16(11-14)19(7-9-24-10-8-19)21-13-17-22-18(25-23-17)15-4-2-5-15/h1,3,6,11,15,21H,2,4-5,7-10,13H2. The predicted molar refractivity (Wildman–Crippen MR) is 90.6 cm³/mol. The molecule has 25 heavy (non-hydrogen) atoms. The third-order valence-corrected chi connectivity index (χ3v) is 5.41. The first-order valence-electron chi connectivity index (χ1n) is 8.95. The normalized spacial score (nSPS) is 20.0. The fourth-order valence-corrected chi connectivity index (χ4v) is 3.58. The quantitative estimate of drug-likeness (QED) is 0.902. The van der Waals surface area contributed by atoms with Gasteiger partial charge in [-0.25, -0.2) is 0 Å². The number of hydrogen-bond acceptors (Lipinski definition) is 6. The van der Waals surface area contributed by atoms with Crippen molar-refractivity contribution >= 4 is 0 Å². The molecule has 2 aromatic rings. The minimum atomic E-state index is -0.220. The second-order valence-electron chi connectivity index (χ2n) is 6.92. The molecule has 1 aromatic heterocycles. The zero-order chi connectivity index (χ0) is 17.1. The van der Waals surface area contributed by atoms with Gasteiger partial charge in [-0.15, -0.1) is 0 Å². The van der Waals surface area contributed by atoms with Crippen molar-refractivity contribution in [3.8, 4) is 6.07 Å². The molecule has 0 unspecified atom stereocenters. The van der Waals surface area contributed by atoms with Crippen LogP contribution in [0.25, 0.3) is 0 Å². The summed E-state index contributed by atoms with van der Waals surface area (Å²) in [5.41, 5.74) is 1.58. The first-order valence-corrected chi connectivity index (χ1v) is 8.95. The number of benzene rings is 1. The van der Waals surface area contributed by atoms with Crippen molar-refractivity contribution in [3.63, 3.8) is 0 Å². The van der Waals surface area contributed by atoms with Crippen LogP contribution in [0.15, 0.2) is 28.8 Å². The van der Waals surface area contributed by atoms with E-state index in [1.54, 1.807) is 0 Å². The van der Waals surface area contributed by atoms with E-state index in [1.165, 1.54) is 6.42 Å². The number of nitrogens with one attached hydrogen (secondary N) is 1. The summed E-state index contributed by atoms with van der Waals surface area (Å²) in [5.74, 6) is 1.92. The van der Waals surface area contributed by atoms with Crippen molar-refractivity contribution in [2.45, 2.75) is 50.1 Å². The predicted octanol–water partition coefficient (Wildman–Crippen LogP) is 3.00. The molecule has 130 valence electrons. The molecule has 6 heteroatoms. The first-order chi connectivity index (χ1) is 12.3. The summed E-state index contributed by atoms with van der Waals surface area (Å²) in [6, 6.07) is 10.0. The van der Waals surface area contributed by atoms with Gasteiger partial charge in [0.2, 0.25) is 5.89 Å². The smallest absolute Gasteiger partial charge is 0.229 e. The van der Waals surface area contributed by atoms with Crippen LogP contribution in [0.4, 0.5) is 0 Å². The third kappa shape index (κ3) is 3.30. The molecule has 0 bridgehead atoms. The molecule has 2 aliphatic rings. The highest BCUT2D eigenvalue weighted by atomic mass is 16.5. The van der Waals surface area contributed by atoms with E-state index in [2.05, 4.69) is 27.6 Å². The largest absolute Gasteiger partial charge is 0.381 e. The number of aromatic nitrogens is 2. The summed E-state index contributed by atoms with van der Waals surface area (Å²) in [6.45, 7) is 1.94. The second kappa shape index (κ2) is 6.95. The summed E-state index contributed by atoms with van der Waals surface area (Å²) in [6.07, 6.45) is 5.26. The number of nitrogens with zero attached hydrogens (tertiary/aromatic N) is 3. The summed E-state index contributed by atoms with van der Waals surface area (Å²) >= 11 is 0. The average molecular weight is 338 g/mol. The van der Waals surface area contributed by atoms with Gasteiger partial charge in [-0.3, -0.25) is 5.32 Å². The Morgan fingerprint density at radius 1 is 1.28 bits per heavy atom.